The van der Waals surface area contributed by atoms with E-state index in [1.54, 1.807) is 54.5 Å². The number of amides is 1. The zero-order valence-corrected chi connectivity index (χ0v) is 19.8. The van der Waals surface area contributed by atoms with Crippen LogP contribution >= 0.6 is 0 Å². The Balaban J connectivity index is 1.75. The number of carbonyl (C=O) groups excluding carboxylic acids is 1. The van der Waals surface area contributed by atoms with Gasteiger partial charge in [0.1, 0.15) is 17.3 Å². The number of hydrogen-bond acceptors (Lipinski definition) is 6. The number of carbonyl (C=O) groups is 1. The molecule has 34 heavy (non-hydrogen) atoms. The van der Waals surface area contributed by atoms with Crippen LogP contribution in [-0.4, -0.2) is 55.4 Å². The molecule has 0 saturated carbocycles. The Hall–Kier alpha value is -3.39. The molecule has 3 aromatic rings. The summed E-state index contributed by atoms with van der Waals surface area (Å²) in [5.74, 6) is 0.729. The summed E-state index contributed by atoms with van der Waals surface area (Å²) in [6.07, 6.45) is 0.759. The second-order valence-corrected chi connectivity index (χ2v) is 8.31. The minimum Gasteiger partial charge on any atom is -0.497 e. The molecule has 1 aliphatic rings. The van der Waals surface area contributed by atoms with Gasteiger partial charge in [-0.2, -0.15) is 0 Å². The smallest absolute Gasteiger partial charge is 0.254 e. The maximum atomic E-state index is 14.8. The normalized spacial score (nSPS) is 14.6. The number of nitrogens with zero attached hydrogens (tertiary/aromatic N) is 3. The minimum absolute atomic E-state index is 0.0597. The molecule has 8 heteroatoms. The van der Waals surface area contributed by atoms with Gasteiger partial charge in [0.05, 0.1) is 32.4 Å². The van der Waals surface area contributed by atoms with Crippen molar-refractivity contribution in [3.05, 3.63) is 65.5 Å². The lowest BCUT2D eigenvalue weighted by Crippen LogP contribution is -2.39. The van der Waals surface area contributed by atoms with Crippen LogP contribution in [0, 0.1) is 5.82 Å². The van der Waals surface area contributed by atoms with Crippen LogP contribution in [0.5, 0.6) is 5.75 Å². The van der Waals surface area contributed by atoms with E-state index in [1.807, 2.05) is 18.7 Å². The molecule has 180 valence electrons. The highest BCUT2D eigenvalue weighted by Gasteiger charge is 2.30. The van der Waals surface area contributed by atoms with E-state index < -0.39 is 0 Å². The maximum absolute atomic E-state index is 14.8. The summed E-state index contributed by atoms with van der Waals surface area (Å²) >= 11 is 0. The van der Waals surface area contributed by atoms with Crippen molar-refractivity contribution in [1.29, 1.82) is 0 Å². The monoisotopic (exact) mass is 467 g/mol. The summed E-state index contributed by atoms with van der Waals surface area (Å²) in [6.45, 7) is 6.67. The highest BCUT2D eigenvalue weighted by atomic mass is 19.1. The van der Waals surface area contributed by atoms with E-state index in [1.165, 1.54) is 6.07 Å². The quantitative estimate of drug-likeness (QED) is 0.476. The third-order valence-electron chi connectivity index (χ3n) is 6.24. The number of aromatic nitrogens is 1. The molecule has 1 fully saturated rings. The lowest BCUT2D eigenvalue weighted by Gasteiger charge is -2.31. The summed E-state index contributed by atoms with van der Waals surface area (Å²) in [5, 5.41) is 4.26. The zero-order valence-electron chi connectivity index (χ0n) is 19.8. The number of rotatable bonds is 8. The highest BCUT2D eigenvalue weighted by Crippen LogP contribution is 2.35. The molecule has 0 bridgehead atoms. The Kier molecular flexibility index (Phi) is 7.47. The molecule has 1 saturated heterocycles. The van der Waals surface area contributed by atoms with Gasteiger partial charge in [-0.3, -0.25) is 4.79 Å². The zero-order chi connectivity index (χ0) is 24.1. The van der Waals surface area contributed by atoms with Crippen LogP contribution < -0.4 is 9.64 Å². The second kappa shape index (κ2) is 10.7. The molecule has 1 unspecified atom stereocenters. The van der Waals surface area contributed by atoms with Gasteiger partial charge in [-0.15, -0.1) is 0 Å². The molecule has 0 N–H and O–H groups in total. The number of halogens is 1. The van der Waals surface area contributed by atoms with Gasteiger partial charge in [-0.25, -0.2) is 4.39 Å². The number of benzene rings is 2. The molecule has 1 atom stereocenters. The summed E-state index contributed by atoms with van der Waals surface area (Å²) in [7, 11) is 1.59. The van der Waals surface area contributed by atoms with Crippen molar-refractivity contribution in [3.8, 4) is 17.0 Å². The van der Waals surface area contributed by atoms with Gasteiger partial charge in [0.25, 0.3) is 5.91 Å². The Morgan fingerprint density at radius 1 is 1.18 bits per heavy atom. The molecular weight excluding hydrogens is 437 g/mol. The molecule has 1 amide bonds. The largest absolute Gasteiger partial charge is 0.497 e. The van der Waals surface area contributed by atoms with E-state index in [0.29, 0.717) is 60.3 Å². The molecule has 2 aromatic carbocycles. The lowest BCUT2D eigenvalue weighted by molar-refractivity contribution is 0.0671. The Morgan fingerprint density at radius 2 is 1.88 bits per heavy atom. The van der Waals surface area contributed by atoms with Gasteiger partial charge in [0, 0.05) is 30.3 Å². The van der Waals surface area contributed by atoms with Crippen molar-refractivity contribution >= 4 is 11.8 Å². The summed E-state index contributed by atoms with van der Waals surface area (Å²) in [5.41, 5.74) is 2.00. The number of hydrogen-bond donors (Lipinski definition) is 0. The Bertz CT molecular complexity index is 1110. The predicted octanol–water partition coefficient (Wildman–Crippen LogP) is 4.77. The molecule has 0 aliphatic carbocycles. The van der Waals surface area contributed by atoms with Crippen LogP contribution in [0.15, 0.2) is 53.1 Å². The first kappa shape index (κ1) is 23.8. The molecule has 2 heterocycles. The van der Waals surface area contributed by atoms with Crippen molar-refractivity contribution in [2.24, 2.45) is 0 Å². The van der Waals surface area contributed by atoms with E-state index in [9.17, 15) is 9.18 Å². The van der Waals surface area contributed by atoms with Crippen LogP contribution in [0.4, 0.5) is 10.3 Å². The number of morpholine rings is 1. The van der Waals surface area contributed by atoms with Crippen LogP contribution in [0.1, 0.15) is 36.2 Å². The molecule has 4 rings (SSSR count). The van der Waals surface area contributed by atoms with Crippen LogP contribution in [-0.2, 0) is 11.3 Å². The Morgan fingerprint density at radius 3 is 2.53 bits per heavy atom. The molecule has 1 aliphatic heterocycles. The molecular formula is C26H30FN3O4. The first-order chi connectivity index (χ1) is 16.5. The van der Waals surface area contributed by atoms with Crippen LogP contribution in [0.2, 0.25) is 0 Å². The van der Waals surface area contributed by atoms with Gasteiger partial charge >= 0.3 is 0 Å². The van der Waals surface area contributed by atoms with E-state index in [-0.39, 0.29) is 24.3 Å². The first-order valence-corrected chi connectivity index (χ1v) is 11.5. The lowest BCUT2D eigenvalue weighted by atomic mass is 10.0. The van der Waals surface area contributed by atoms with Crippen molar-refractivity contribution in [3.63, 3.8) is 0 Å². The number of methoxy groups -OCH3 is 1. The highest BCUT2D eigenvalue weighted by molar-refractivity contribution is 5.94. The average molecular weight is 468 g/mol. The van der Waals surface area contributed by atoms with Gasteiger partial charge in [-0.05, 0) is 49.7 Å². The second-order valence-electron chi connectivity index (χ2n) is 8.31. The molecule has 0 radical (unpaired) electrons. The van der Waals surface area contributed by atoms with Crippen LogP contribution in [0.3, 0.4) is 0 Å². The van der Waals surface area contributed by atoms with Gasteiger partial charge in [0.15, 0.2) is 0 Å². The molecule has 7 nitrogen and oxygen atoms in total. The number of ether oxygens (including phenoxy) is 2. The summed E-state index contributed by atoms with van der Waals surface area (Å²) in [4.78, 5) is 17.4. The minimum atomic E-state index is -0.387. The average Bonchev–Trinajstić information content (AvgIpc) is 3.30. The van der Waals surface area contributed by atoms with Crippen molar-refractivity contribution in [2.75, 3.05) is 38.3 Å². The maximum Gasteiger partial charge on any atom is 0.254 e. The van der Waals surface area contributed by atoms with E-state index in [0.717, 1.165) is 6.42 Å². The molecule has 1 aromatic heterocycles. The Labute approximate surface area is 199 Å². The van der Waals surface area contributed by atoms with Crippen molar-refractivity contribution < 1.29 is 23.2 Å². The van der Waals surface area contributed by atoms with Gasteiger partial charge in [-0.1, -0.05) is 24.2 Å². The van der Waals surface area contributed by atoms with Gasteiger partial charge in [0.2, 0.25) is 5.88 Å². The van der Waals surface area contributed by atoms with Gasteiger partial charge < -0.3 is 23.8 Å². The van der Waals surface area contributed by atoms with Crippen molar-refractivity contribution in [1.82, 2.24) is 10.1 Å². The third-order valence-corrected chi connectivity index (χ3v) is 6.24. The topological polar surface area (TPSA) is 68.0 Å². The number of anilines is 1. The SMILES string of the molecule is CCC(C)N(Cc1c(-c2ccccc2F)noc1N1CCOCC1)C(=O)c1ccc(OC)cc1. The third kappa shape index (κ3) is 4.92. The predicted molar refractivity (Wildman–Crippen MR) is 128 cm³/mol. The standard InChI is InChI=1S/C26H30FN3O4/c1-4-18(2)30(25(31)19-9-11-20(32-3)12-10-19)17-22-24(21-7-5-6-8-23(21)27)28-34-26(22)29-13-15-33-16-14-29/h5-12,18H,4,13-17H2,1-3H3. The fourth-order valence-electron chi connectivity index (χ4n) is 4.04. The van der Waals surface area contributed by atoms with E-state index in [4.69, 9.17) is 14.0 Å². The van der Waals surface area contributed by atoms with E-state index in [2.05, 4.69) is 5.16 Å². The fraction of sp³-hybridized carbons (Fsp3) is 0.385. The van der Waals surface area contributed by atoms with Crippen molar-refractivity contribution in [2.45, 2.75) is 32.9 Å². The first-order valence-electron chi connectivity index (χ1n) is 11.5. The summed E-state index contributed by atoms with van der Waals surface area (Å²) in [6, 6.07) is 13.5. The molecule has 0 spiro atoms. The summed E-state index contributed by atoms with van der Waals surface area (Å²) < 4.78 is 31.2. The fourth-order valence-corrected chi connectivity index (χ4v) is 4.04. The van der Waals surface area contributed by atoms with E-state index >= 15 is 0 Å². The van der Waals surface area contributed by atoms with Crippen LogP contribution in [0.25, 0.3) is 11.3 Å².